The molecule has 0 N–H and O–H groups in total. The molecule has 0 spiro atoms. The van der Waals surface area contributed by atoms with Crippen molar-refractivity contribution in [1.82, 2.24) is 0 Å². The van der Waals surface area contributed by atoms with Gasteiger partial charge < -0.3 is 0 Å². The molecule has 2 bridgehead atoms. The van der Waals surface area contributed by atoms with Crippen molar-refractivity contribution in [2.45, 2.75) is 487 Å². The van der Waals surface area contributed by atoms with Crippen LogP contribution in [0.1, 0.15) is 431 Å². The highest BCUT2D eigenvalue weighted by molar-refractivity contribution is 5.01. The molecule has 0 saturated heterocycles. The van der Waals surface area contributed by atoms with Crippen molar-refractivity contribution in [2.75, 3.05) is 0 Å². The lowest BCUT2D eigenvalue weighted by Gasteiger charge is -2.49. The monoisotopic (exact) mass is 1920 g/mol. The van der Waals surface area contributed by atoms with E-state index in [-0.39, 0.29) is 60.7 Å². The lowest BCUT2D eigenvalue weighted by molar-refractivity contribution is -0.364. The molecule has 0 aromatic carbocycles. The highest BCUT2D eigenvalue weighted by Gasteiger charge is 2.73. The average molecular weight is 1920 g/mol. The molecule has 0 aromatic heterocycles. The van der Waals surface area contributed by atoms with Gasteiger partial charge in [0.25, 0.3) is 0 Å². The maximum absolute atomic E-state index is 12.6. The van der Waals surface area contributed by atoms with Crippen molar-refractivity contribution in [3.8, 4) is 0 Å². The van der Waals surface area contributed by atoms with Gasteiger partial charge in [-0.15, -0.1) is 0 Å². The van der Waals surface area contributed by atoms with Gasteiger partial charge in [0, 0.05) is 0 Å². The van der Waals surface area contributed by atoms with Gasteiger partial charge in [-0.2, -0.15) is 119 Å². The second-order valence-corrected chi connectivity index (χ2v) is 49.2. The van der Waals surface area contributed by atoms with Gasteiger partial charge in [0.2, 0.25) is 0 Å². The Morgan fingerprint density at radius 2 is 0.690 bits per heavy atom. The van der Waals surface area contributed by atoms with Gasteiger partial charge in [0.05, 0.1) is 29.1 Å². The predicted octanol–water partition coefficient (Wildman–Crippen LogP) is 41.5. The van der Waals surface area contributed by atoms with Crippen LogP contribution in [-0.2, 0) is 0 Å². The summed E-state index contributed by atoms with van der Waals surface area (Å²) in [6, 6.07) is 0. The Kier molecular flexibility index (Phi) is 51.5. The Balaban J connectivity index is -0.000000668. The highest BCUT2D eigenvalue weighted by Crippen LogP contribution is 2.63. The zero-order valence-electron chi connectivity index (χ0n) is 87.5. The molecule has 8 fully saturated rings. The number of rotatable bonds is 5. The standard InChI is InChI=1S/C11H24.C10H19F3.C10H18.C10H22.2C9H12F6.C9H15F3.C9H17F3.C9H20.2C8H13F3/c1-9(2,3)11(7,8)10(4,5)6;1-7(8(2,3)4)9(5,6)10(11,12)13;1-8-7-9-3-5-10(8,2)6-4-9;1-8(2)10(6,7)9(3,4)5;1-6-2-4-7(5-3-6,8(10,11)12)9(13,14)15;1-6-4-2-3-5-7(6,8(10,11)12)9(13,14)15;1-6-4-3-5-8(7(6)2)9(10,11)12;1-6(2)8(4,5)7(3)9(10,11)12;1-7(2)8(3)9(4,5)6;1-6-2-4-7(5-3-6)8(9,10)11;1-6-3-2-4-7(5-6)8(9,10)11/h1-8H3;7H,1-6H3;8-9H,3-7H2,1-2H3;8H,1-7H3;2*6H,2-5H2,1H3;6-8H,3-5H2,1-2H3;6-7H,1-5H3;7-8H,1-6H3;2*6-7H,2-5H2,1H3/t;7-;8-,9?,10?;;;6-;6?,7-,8?;;8-;;6-,7?/m.10..11.1.1/s1. The fraction of sp³-hybridized carbons (Fsp3) is 1.00. The van der Waals surface area contributed by atoms with Crippen LogP contribution in [0.3, 0.4) is 0 Å². The predicted molar refractivity (Wildman–Crippen MR) is 481 cm³/mol. The first-order valence-corrected chi connectivity index (χ1v) is 48.0. The number of fused-ring (bicyclic) bond motifs is 3. The van der Waals surface area contributed by atoms with Crippen LogP contribution >= 0.6 is 0 Å². The van der Waals surface area contributed by atoms with E-state index in [2.05, 4.69) is 159 Å². The van der Waals surface area contributed by atoms with E-state index in [1.165, 1.54) is 52.9 Å². The van der Waals surface area contributed by atoms with Crippen molar-refractivity contribution >= 4 is 0 Å². The normalized spacial score (nSPS) is 26.4. The third kappa shape index (κ3) is 41.6. The molecule has 0 heterocycles. The molecule has 4 unspecified atom stereocenters. The number of hydrogen-bond acceptors (Lipinski definition) is 0. The molecule has 0 radical (unpaired) electrons. The SMILES string of the molecule is CC(C)(C)C(C)(C)C(C)(C)C.CC(C)C(C)(C)C(C)(C)C.CC(C)C(C)(C)C(C)C(F)(F)F.CC(C)[C@@H](C)C(C)(C)C.CC1CCC(C(F)(F)F)(C(F)(F)F)CC1.CC1CCC(C(F)(F)F)CC1.CC1CCCC(C(F)(F)F)[C@@H]1C.C[C@@H]1CCCC(C(F)(F)F)C1.C[C@@H]1CCCCC1(C(F)(F)F)C(F)(F)F.C[C@H](C(C)(C)C)C(C)(C)C(F)(F)F.C[C@H]1CC2CCC1(C)CC2. The molecule has 0 nitrogen and oxygen atoms in total. The molecule has 27 heteroatoms. The molecular weight excluding hydrogens is 1740 g/mol. The van der Waals surface area contributed by atoms with E-state index in [1.807, 2.05) is 55.4 Å². The zero-order chi connectivity index (χ0) is 104. The van der Waals surface area contributed by atoms with Crippen LogP contribution in [0.5, 0.6) is 0 Å². The van der Waals surface area contributed by atoms with Crippen LogP contribution in [0.25, 0.3) is 0 Å². The third-order valence-electron chi connectivity index (χ3n) is 34.4. The Morgan fingerprint density at radius 1 is 0.302 bits per heavy atom. The smallest absolute Gasteiger partial charge is 0.171 e. The Hall–Kier alpha value is -1.89. The average Bonchev–Trinajstić information content (AvgIpc) is 0.705. The molecule has 129 heavy (non-hydrogen) atoms. The lowest BCUT2D eigenvalue weighted by Crippen LogP contribution is -2.55. The number of hydrogen-bond donors (Lipinski definition) is 0. The van der Waals surface area contributed by atoms with Crippen LogP contribution in [0.4, 0.5) is 119 Å². The van der Waals surface area contributed by atoms with E-state index >= 15 is 0 Å². The summed E-state index contributed by atoms with van der Waals surface area (Å²) < 4.78 is 335. The fourth-order valence-electron chi connectivity index (χ4n) is 17.8. The lowest BCUT2D eigenvalue weighted by atomic mass is 9.56. The van der Waals surface area contributed by atoms with Crippen LogP contribution in [0.15, 0.2) is 0 Å². The van der Waals surface area contributed by atoms with E-state index in [1.54, 1.807) is 34.6 Å². The number of alkyl halides is 27. The van der Waals surface area contributed by atoms with Gasteiger partial charge in [-0.05, 0) is 228 Å². The summed E-state index contributed by atoms with van der Waals surface area (Å²) in [5.41, 5.74) is -6.36. The summed E-state index contributed by atoms with van der Waals surface area (Å²) >= 11 is 0. The first-order valence-electron chi connectivity index (χ1n) is 48.0. The first-order chi connectivity index (χ1) is 56.4. The van der Waals surface area contributed by atoms with Crippen molar-refractivity contribution in [2.24, 2.45) is 166 Å². The van der Waals surface area contributed by atoms with Gasteiger partial charge >= 0.3 is 55.6 Å². The highest BCUT2D eigenvalue weighted by atomic mass is 19.4. The summed E-state index contributed by atoms with van der Waals surface area (Å²) in [5, 5.41) is 0. The van der Waals surface area contributed by atoms with Gasteiger partial charge in [-0.3, -0.25) is 0 Å². The van der Waals surface area contributed by atoms with Crippen LogP contribution in [0.2, 0.25) is 0 Å². The fourth-order valence-corrected chi connectivity index (χ4v) is 17.8. The van der Waals surface area contributed by atoms with E-state index < -0.39 is 132 Å². The number of halogens is 27. The Bertz CT molecular complexity index is 2930. The van der Waals surface area contributed by atoms with E-state index in [4.69, 9.17) is 0 Å². The molecule has 0 aromatic rings. The van der Waals surface area contributed by atoms with Crippen molar-refractivity contribution in [3.63, 3.8) is 0 Å². The van der Waals surface area contributed by atoms with Gasteiger partial charge in [-0.25, -0.2) is 0 Å². The summed E-state index contributed by atoms with van der Waals surface area (Å²) in [6.07, 6.45) is -28.8. The van der Waals surface area contributed by atoms with Crippen LogP contribution in [-0.4, -0.2) is 55.6 Å². The van der Waals surface area contributed by atoms with Crippen molar-refractivity contribution < 1.29 is 119 Å². The molecule has 8 aliphatic carbocycles. The minimum atomic E-state index is -5.20. The molecule has 0 aliphatic heterocycles. The van der Waals surface area contributed by atoms with Crippen LogP contribution < -0.4 is 0 Å². The van der Waals surface area contributed by atoms with E-state index in [0.29, 0.717) is 76.9 Å². The van der Waals surface area contributed by atoms with Gasteiger partial charge in [0.15, 0.2) is 10.8 Å². The van der Waals surface area contributed by atoms with Crippen molar-refractivity contribution in [1.29, 1.82) is 0 Å². The molecular formula is C102H185F27. The van der Waals surface area contributed by atoms with E-state index in [9.17, 15) is 119 Å². The second-order valence-electron chi connectivity index (χ2n) is 49.2. The van der Waals surface area contributed by atoms with E-state index in [0.717, 1.165) is 80.5 Å². The van der Waals surface area contributed by atoms with Gasteiger partial charge in [-0.1, -0.05) is 328 Å². The molecule has 8 rings (SSSR count). The Morgan fingerprint density at radius 3 is 0.891 bits per heavy atom. The largest absolute Gasteiger partial charge is 0.403 e. The molecule has 0 amide bonds. The summed E-state index contributed by atoms with van der Waals surface area (Å²) in [4.78, 5) is 0. The maximum atomic E-state index is 12.6. The van der Waals surface area contributed by atoms with Gasteiger partial charge in [0.1, 0.15) is 0 Å². The zero-order valence-corrected chi connectivity index (χ0v) is 87.5. The van der Waals surface area contributed by atoms with Crippen LogP contribution in [0, 0.1) is 166 Å². The molecule has 782 valence electrons. The molecule has 8 aliphatic rings. The minimum absolute atomic E-state index is 0.0106. The maximum Gasteiger partial charge on any atom is 0.403 e. The second kappa shape index (κ2) is 49.8. The Labute approximate surface area is 767 Å². The molecule has 10 atom stereocenters. The topological polar surface area (TPSA) is 0 Å². The third-order valence-corrected chi connectivity index (χ3v) is 34.4. The minimum Gasteiger partial charge on any atom is -0.171 e. The first kappa shape index (κ1) is 133. The quantitative estimate of drug-likeness (QED) is 0.241. The summed E-state index contributed by atoms with van der Waals surface area (Å²) in [5.74, 6) is -0.848. The summed E-state index contributed by atoms with van der Waals surface area (Å²) in [7, 11) is 0. The molecule has 8 saturated carbocycles. The van der Waals surface area contributed by atoms with Crippen molar-refractivity contribution in [3.05, 3.63) is 0 Å². The summed E-state index contributed by atoms with van der Waals surface area (Å²) in [6.45, 7) is 81.8.